The first kappa shape index (κ1) is 20.3. The lowest BCUT2D eigenvalue weighted by Crippen LogP contribution is -2.46. The lowest BCUT2D eigenvalue weighted by atomic mass is 9.83. The molecule has 0 spiro atoms. The van der Waals surface area contributed by atoms with Gasteiger partial charge in [-0.3, -0.25) is 4.79 Å². The summed E-state index contributed by atoms with van der Waals surface area (Å²) in [6.07, 6.45) is 0. The van der Waals surface area contributed by atoms with Crippen LogP contribution in [0.4, 0.5) is 10.1 Å². The quantitative estimate of drug-likeness (QED) is 0.489. The van der Waals surface area contributed by atoms with Crippen LogP contribution in [-0.2, 0) is 0 Å². The van der Waals surface area contributed by atoms with Gasteiger partial charge in [0.1, 0.15) is 11.9 Å². The van der Waals surface area contributed by atoms with E-state index in [0.717, 1.165) is 27.3 Å². The molecule has 1 amide bonds. The van der Waals surface area contributed by atoms with Crippen molar-refractivity contribution in [2.45, 2.75) is 23.9 Å². The number of nitrogens with zero attached hydrogens (tertiary/aromatic N) is 1. The molecule has 2 unspecified atom stereocenters. The summed E-state index contributed by atoms with van der Waals surface area (Å²) in [5.74, 6) is -0.900. The molecule has 7 heteroatoms. The third kappa shape index (κ3) is 3.17. The third-order valence-electron chi connectivity index (χ3n) is 5.88. The molecule has 0 radical (unpaired) electrons. The van der Waals surface area contributed by atoms with E-state index in [4.69, 9.17) is 5.73 Å². The van der Waals surface area contributed by atoms with Crippen LogP contribution in [0.15, 0.2) is 72.1 Å². The predicted octanol–water partition coefficient (Wildman–Crippen LogP) is 5.13. The molecule has 2 aliphatic rings. The summed E-state index contributed by atoms with van der Waals surface area (Å²) in [7, 11) is 0. The van der Waals surface area contributed by atoms with Gasteiger partial charge >= 0.3 is 0 Å². The van der Waals surface area contributed by atoms with Crippen molar-refractivity contribution in [1.29, 1.82) is 5.41 Å². The van der Waals surface area contributed by atoms with E-state index >= 15 is 0 Å². The van der Waals surface area contributed by atoms with Gasteiger partial charge in [0.15, 0.2) is 0 Å². The highest BCUT2D eigenvalue weighted by Crippen LogP contribution is 2.49. The summed E-state index contributed by atoms with van der Waals surface area (Å²) in [6.45, 7) is 6.17. The molecule has 4 N–H and O–H groups in total. The van der Waals surface area contributed by atoms with Gasteiger partial charge in [-0.05, 0) is 60.3 Å². The molecule has 2 heterocycles. The number of nitrogens with two attached hydrogens (primary N) is 1. The van der Waals surface area contributed by atoms with E-state index in [1.807, 2.05) is 41.6 Å². The Morgan fingerprint density at radius 3 is 2.59 bits per heavy atom. The number of halogens is 1. The predicted molar refractivity (Wildman–Crippen MR) is 126 cm³/mol. The number of hydrogen-bond donors (Lipinski definition) is 3. The number of anilines is 1. The Labute approximate surface area is 189 Å². The first-order valence-electron chi connectivity index (χ1n) is 10.2. The number of carbonyl (C=O) groups is 1. The number of primary amides is 1. The van der Waals surface area contributed by atoms with Crippen LogP contribution in [0.5, 0.6) is 0 Å². The van der Waals surface area contributed by atoms with E-state index in [-0.39, 0.29) is 17.6 Å². The lowest BCUT2D eigenvalue weighted by Gasteiger charge is -2.41. The highest BCUT2D eigenvalue weighted by molar-refractivity contribution is 7.97. The van der Waals surface area contributed by atoms with Gasteiger partial charge in [0.2, 0.25) is 5.91 Å². The number of nitrogens with one attached hydrogen (secondary N) is 2. The molecule has 0 aromatic heterocycles. The van der Waals surface area contributed by atoms with E-state index in [0.29, 0.717) is 16.8 Å². The zero-order chi connectivity index (χ0) is 22.6. The smallest absolute Gasteiger partial charge is 0.249 e. The number of rotatable bonds is 3. The van der Waals surface area contributed by atoms with E-state index in [2.05, 4.69) is 11.9 Å². The van der Waals surface area contributed by atoms with Crippen LogP contribution in [0.1, 0.15) is 38.7 Å². The van der Waals surface area contributed by atoms with Gasteiger partial charge < -0.3 is 20.8 Å². The number of benzene rings is 3. The van der Waals surface area contributed by atoms with E-state index in [1.54, 1.807) is 18.2 Å². The molecule has 2 atom stereocenters. The van der Waals surface area contributed by atoms with Crippen molar-refractivity contribution in [1.82, 2.24) is 4.31 Å². The molecule has 32 heavy (non-hydrogen) atoms. The fourth-order valence-electron chi connectivity index (χ4n) is 4.42. The third-order valence-corrected chi connectivity index (χ3v) is 7.08. The maximum atomic E-state index is 13.7. The largest absolute Gasteiger partial charge is 0.375 e. The lowest BCUT2D eigenvalue weighted by molar-refractivity contribution is 0.1000. The topological polar surface area (TPSA) is 82.2 Å². The minimum absolute atomic E-state index is 0.267. The molecule has 3 aromatic rings. The molecule has 5 nitrogen and oxygen atoms in total. The van der Waals surface area contributed by atoms with Crippen molar-refractivity contribution in [3.8, 4) is 0 Å². The van der Waals surface area contributed by atoms with Crippen LogP contribution in [0.25, 0.3) is 5.70 Å². The van der Waals surface area contributed by atoms with Crippen LogP contribution in [0.3, 0.4) is 0 Å². The molecule has 3 aromatic carbocycles. The van der Waals surface area contributed by atoms with Gasteiger partial charge in [-0.25, -0.2) is 4.39 Å². The molecule has 0 aliphatic carbocycles. The zero-order valence-electron chi connectivity index (χ0n) is 17.4. The zero-order valence-corrected chi connectivity index (χ0v) is 18.2. The summed E-state index contributed by atoms with van der Waals surface area (Å²) >= 11 is 1.51. The molecule has 160 valence electrons. The maximum Gasteiger partial charge on any atom is 0.249 e. The number of amides is 1. The number of hydrogen-bond acceptors (Lipinski definition) is 5. The summed E-state index contributed by atoms with van der Waals surface area (Å²) in [5, 5.41) is 12.7. The van der Waals surface area contributed by atoms with Gasteiger partial charge in [-0.15, -0.1) is 0 Å². The normalized spacial score (nSPS) is 19.4. The van der Waals surface area contributed by atoms with Crippen molar-refractivity contribution in [2.75, 3.05) is 5.32 Å². The Morgan fingerprint density at radius 1 is 1.19 bits per heavy atom. The summed E-state index contributed by atoms with van der Waals surface area (Å²) in [6, 6.07) is 17.0. The standard InChI is InChI=1S/C25H21FN4OS/c1-13-11-18(25(28)31)21-19(12-13)29-23(15-7-9-16(26)10-8-15)24(22(21)27)30-14(2)17-5-3-4-6-20(17)32-30/h3-12,23-24,27,29H,2H2,1H3,(H2,28,31). The molecule has 5 rings (SSSR count). The minimum Gasteiger partial charge on any atom is -0.375 e. The SMILES string of the molecule is C=C1c2ccccc2SN1C1C(=N)c2c(cc(C)cc2C(N)=O)NC1c1ccc(F)cc1. The Hall–Kier alpha value is -3.58. The average Bonchev–Trinajstić information content (AvgIpc) is 3.09. The first-order valence-corrected chi connectivity index (χ1v) is 10.9. The van der Waals surface area contributed by atoms with E-state index in [1.165, 1.54) is 24.1 Å². The fraction of sp³-hybridized carbons (Fsp3) is 0.120. The Bertz CT molecular complexity index is 1290. The van der Waals surface area contributed by atoms with Crippen molar-refractivity contribution in [3.05, 3.63) is 101 Å². The minimum atomic E-state index is -0.577. The molecular weight excluding hydrogens is 423 g/mol. The van der Waals surface area contributed by atoms with Gasteiger partial charge in [0, 0.05) is 27.4 Å². The number of carbonyl (C=O) groups excluding carboxylic acids is 1. The maximum absolute atomic E-state index is 13.7. The highest BCUT2D eigenvalue weighted by atomic mass is 32.2. The Balaban J connectivity index is 1.68. The molecule has 2 aliphatic heterocycles. The first-order chi connectivity index (χ1) is 15.3. The van der Waals surface area contributed by atoms with Gasteiger partial charge in [-0.2, -0.15) is 0 Å². The van der Waals surface area contributed by atoms with Crippen LogP contribution in [0, 0.1) is 18.2 Å². The van der Waals surface area contributed by atoms with Crippen LogP contribution in [-0.4, -0.2) is 22.0 Å². The van der Waals surface area contributed by atoms with Gasteiger partial charge in [0.05, 0.1) is 17.3 Å². The van der Waals surface area contributed by atoms with Crippen LogP contribution in [0.2, 0.25) is 0 Å². The van der Waals surface area contributed by atoms with Crippen molar-refractivity contribution < 1.29 is 9.18 Å². The molecule has 0 fully saturated rings. The van der Waals surface area contributed by atoms with Crippen molar-refractivity contribution >= 4 is 35.0 Å². The molecule has 0 saturated heterocycles. The van der Waals surface area contributed by atoms with E-state index in [9.17, 15) is 14.6 Å². The molecule has 0 bridgehead atoms. The Morgan fingerprint density at radius 2 is 1.91 bits per heavy atom. The number of fused-ring (bicyclic) bond motifs is 2. The number of aryl methyl sites for hydroxylation is 1. The second-order valence-corrected chi connectivity index (χ2v) is 9.01. The van der Waals surface area contributed by atoms with Crippen molar-refractivity contribution in [2.24, 2.45) is 5.73 Å². The average molecular weight is 445 g/mol. The second kappa shape index (κ2) is 7.53. The summed E-state index contributed by atoms with van der Waals surface area (Å²) in [5.41, 5.74) is 10.9. The summed E-state index contributed by atoms with van der Waals surface area (Å²) < 4.78 is 15.7. The fourth-order valence-corrected chi connectivity index (χ4v) is 5.61. The van der Waals surface area contributed by atoms with Crippen LogP contribution < -0.4 is 11.1 Å². The highest BCUT2D eigenvalue weighted by Gasteiger charge is 2.43. The van der Waals surface area contributed by atoms with Crippen molar-refractivity contribution in [3.63, 3.8) is 0 Å². The Kier molecular flexibility index (Phi) is 4.78. The van der Waals surface area contributed by atoms with Gasteiger partial charge in [0.25, 0.3) is 0 Å². The second-order valence-electron chi connectivity index (χ2n) is 7.99. The summed E-state index contributed by atoms with van der Waals surface area (Å²) in [4.78, 5) is 13.3. The van der Waals surface area contributed by atoms with E-state index < -0.39 is 11.9 Å². The van der Waals surface area contributed by atoms with Gasteiger partial charge in [-0.1, -0.05) is 36.9 Å². The van der Waals surface area contributed by atoms with Crippen LogP contribution >= 0.6 is 11.9 Å². The molecule has 0 saturated carbocycles. The molecular formula is C25H21FN4OS. The monoisotopic (exact) mass is 444 g/mol.